The van der Waals surface area contributed by atoms with Crippen LogP contribution in [0.4, 0.5) is 0 Å². The average molecular weight is 481 g/mol. The molecule has 1 rings (SSSR count). The maximum absolute atomic E-state index is 12.8. The number of carbonyl (C=O) groups excluding carboxylic acids is 2. The molecule has 0 saturated carbocycles. The molecule has 0 aliphatic carbocycles. The molecule has 2 N–H and O–H groups in total. The van der Waals surface area contributed by atoms with Crippen molar-refractivity contribution in [3.05, 3.63) is 11.8 Å². The molecule has 0 aromatic rings. The van der Waals surface area contributed by atoms with Gasteiger partial charge in [-0.3, -0.25) is 19.1 Å². The number of Topliss-reactive ketones (excluding diaryl/α,β-unsaturated/α-hetero) is 1. The summed E-state index contributed by atoms with van der Waals surface area (Å²) >= 11 is 0. The van der Waals surface area contributed by atoms with Gasteiger partial charge in [-0.2, -0.15) is 0 Å². The van der Waals surface area contributed by atoms with Gasteiger partial charge in [0.1, 0.15) is 18.3 Å². The van der Waals surface area contributed by atoms with E-state index >= 15 is 0 Å². The Kier molecular flexibility index (Phi) is 12.2. The number of carbonyl (C=O) groups is 2. The van der Waals surface area contributed by atoms with Gasteiger partial charge in [0, 0.05) is 25.8 Å². The molecule has 1 amide bonds. The summed E-state index contributed by atoms with van der Waals surface area (Å²) in [6, 6.07) is 0. The molecule has 0 aromatic carbocycles. The average Bonchev–Trinajstić information content (AvgIpc) is 3.02. The molecule has 0 unspecified atom stereocenters. The van der Waals surface area contributed by atoms with Gasteiger partial charge < -0.3 is 33.5 Å². The molecule has 0 radical (unpaired) electrons. The first-order valence-corrected chi connectivity index (χ1v) is 12.2. The van der Waals surface area contributed by atoms with E-state index in [9.17, 15) is 24.4 Å². The molecule has 32 heavy (non-hydrogen) atoms. The molecular weight excluding hydrogens is 445 g/mol. The summed E-state index contributed by atoms with van der Waals surface area (Å²) in [5.74, 6) is -0.717. The van der Waals surface area contributed by atoms with Gasteiger partial charge in [0.2, 0.25) is 5.91 Å². The summed E-state index contributed by atoms with van der Waals surface area (Å²) in [6.07, 6.45) is -5.40. The minimum absolute atomic E-state index is 0.0818. The molecule has 1 aliphatic rings. The lowest BCUT2D eigenvalue weighted by molar-refractivity contribution is -0.149. The number of hydrogen-bond acceptors (Lipinski definition) is 10. The highest BCUT2D eigenvalue weighted by Gasteiger charge is 2.51. The maximum Gasteiger partial charge on any atom is 0.333 e. The van der Waals surface area contributed by atoms with Crippen molar-refractivity contribution in [2.75, 3.05) is 39.7 Å². The SMILES string of the molecule is CCOP(=O)(C[C@H](O)[C@H]1O[C@@H](N(/C=C(/C)C(C)=O)C(C)=O)[C@H](OCCOC)[C@@H]1O)OCC. The summed E-state index contributed by atoms with van der Waals surface area (Å²) in [4.78, 5) is 25.1. The molecule has 1 heterocycles. The largest absolute Gasteiger partial charge is 0.390 e. The van der Waals surface area contributed by atoms with Gasteiger partial charge in [-0.1, -0.05) is 0 Å². The van der Waals surface area contributed by atoms with Gasteiger partial charge in [0.15, 0.2) is 12.0 Å². The van der Waals surface area contributed by atoms with Crippen molar-refractivity contribution in [1.29, 1.82) is 0 Å². The molecule has 1 fully saturated rings. The fourth-order valence-corrected chi connectivity index (χ4v) is 4.92. The number of allylic oxidation sites excluding steroid dienone is 1. The third-order valence-corrected chi connectivity index (χ3v) is 6.94. The van der Waals surface area contributed by atoms with Crippen LogP contribution in [-0.2, 0) is 37.4 Å². The van der Waals surface area contributed by atoms with Crippen LogP contribution in [0.15, 0.2) is 11.8 Å². The van der Waals surface area contributed by atoms with Gasteiger partial charge in [-0.05, 0) is 27.7 Å². The smallest absolute Gasteiger partial charge is 0.333 e. The highest BCUT2D eigenvalue weighted by atomic mass is 31.2. The zero-order valence-electron chi connectivity index (χ0n) is 19.6. The normalized spacial score (nSPS) is 25.1. The van der Waals surface area contributed by atoms with E-state index < -0.39 is 50.3 Å². The molecule has 0 bridgehead atoms. The molecule has 12 heteroatoms. The molecule has 5 atom stereocenters. The van der Waals surface area contributed by atoms with Crippen LogP contribution in [0.3, 0.4) is 0 Å². The Morgan fingerprint density at radius 2 is 1.75 bits per heavy atom. The van der Waals surface area contributed by atoms with E-state index in [0.29, 0.717) is 0 Å². The van der Waals surface area contributed by atoms with E-state index in [2.05, 4.69) is 0 Å². The summed E-state index contributed by atoms with van der Waals surface area (Å²) in [5, 5.41) is 21.6. The summed E-state index contributed by atoms with van der Waals surface area (Å²) in [7, 11) is -2.16. The second-order valence-corrected chi connectivity index (χ2v) is 9.40. The number of hydrogen-bond donors (Lipinski definition) is 2. The number of ketones is 1. The molecule has 0 spiro atoms. The Labute approximate surface area is 189 Å². The number of amides is 1. The molecule has 1 saturated heterocycles. The lowest BCUT2D eigenvalue weighted by Crippen LogP contribution is -2.46. The Balaban J connectivity index is 3.21. The topological polar surface area (TPSA) is 141 Å². The second-order valence-electron chi connectivity index (χ2n) is 7.30. The highest BCUT2D eigenvalue weighted by Crippen LogP contribution is 2.49. The fraction of sp³-hybridized carbons (Fsp3) is 0.800. The molecule has 0 aromatic heterocycles. The predicted molar refractivity (Wildman–Crippen MR) is 115 cm³/mol. The molecule has 1 aliphatic heterocycles. The number of methoxy groups -OCH3 is 1. The minimum Gasteiger partial charge on any atom is -0.390 e. The summed E-state index contributed by atoms with van der Waals surface area (Å²) < 4.78 is 39.7. The quantitative estimate of drug-likeness (QED) is 0.210. The Morgan fingerprint density at radius 1 is 1.16 bits per heavy atom. The monoisotopic (exact) mass is 481 g/mol. The van der Waals surface area contributed by atoms with Crippen LogP contribution < -0.4 is 0 Å². The number of aliphatic hydroxyl groups is 2. The van der Waals surface area contributed by atoms with Crippen molar-refractivity contribution < 1.29 is 47.6 Å². The van der Waals surface area contributed by atoms with Crippen molar-refractivity contribution in [3.63, 3.8) is 0 Å². The first-order chi connectivity index (χ1) is 15.0. The van der Waals surface area contributed by atoms with Gasteiger partial charge in [0.05, 0.1) is 38.7 Å². The molecular formula is C20H36NO10P. The standard InChI is InChI=1S/C20H36NO10P/c1-7-29-32(26,30-8-2)12-16(24)18-17(25)19(28-10-9-27-6)20(31-18)21(15(5)23)11-13(3)14(4)22/h11,16-20,24-25H,7-10,12H2,1-6H3/b13-11-/t16-,17+,18+,19+,20+/m0/s1. The van der Waals surface area contributed by atoms with Crippen LogP contribution in [0.5, 0.6) is 0 Å². The van der Waals surface area contributed by atoms with E-state index in [-0.39, 0.29) is 37.8 Å². The van der Waals surface area contributed by atoms with Crippen molar-refractivity contribution in [3.8, 4) is 0 Å². The first kappa shape index (κ1) is 28.9. The van der Waals surface area contributed by atoms with Crippen LogP contribution >= 0.6 is 7.60 Å². The van der Waals surface area contributed by atoms with Crippen LogP contribution in [0.1, 0.15) is 34.6 Å². The third-order valence-electron chi connectivity index (χ3n) is 4.82. The number of aliphatic hydroxyl groups excluding tert-OH is 2. The van der Waals surface area contributed by atoms with E-state index in [0.717, 1.165) is 4.90 Å². The van der Waals surface area contributed by atoms with Gasteiger partial charge in [-0.15, -0.1) is 0 Å². The Bertz CT molecular complexity index is 690. The van der Waals surface area contributed by atoms with Gasteiger partial charge >= 0.3 is 7.60 Å². The molecule has 11 nitrogen and oxygen atoms in total. The van der Waals surface area contributed by atoms with Crippen molar-refractivity contribution in [2.24, 2.45) is 0 Å². The second kappa shape index (κ2) is 13.5. The Hall–Kier alpha value is -1.17. The number of ether oxygens (including phenoxy) is 3. The van der Waals surface area contributed by atoms with Crippen molar-refractivity contribution in [2.45, 2.75) is 65.3 Å². The van der Waals surface area contributed by atoms with Gasteiger partial charge in [0.25, 0.3) is 0 Å². The highest BCUT2D eigenvalue weighted by molar-refractivity contribution is 7.53. The molecule has 186 valence electrons. The van der Waals surface area contributed by atoms with E-state index in [4.69, 9.17) is 23.3 Å². The van der Waals surface area contributed by atoms with Gasteiger partial charge in [-0.25, -0.2) is 0 Å². The number of rotatable bonds is 14. The zero-order chi connectivity index (χ0) is 24.5. The van der Waals surface area contributed by atoms with Crippen molar-refractivity contribution in [1.82, 2.24) is 4.90 Å². The van der Waals surface area contributed by atoms with E-state index in [1.165, 1.54) is 34.1 Å². The van der Waals surface area contributed by atoms with Crippen LogP contribution in [-0.4, -0.2) is 97.1 Å². The zero-order valence-corrected chi connectivity index (χ0v) is 20.4. The maximum atomic E-state index is 12.8. The summed E-state index contributed by atoms with van der Waals surface area (Å²) in [5.41, 5.74) is 0.287. The number of nitrogens with zero attached hydrogens (tertiary/aromatic N) is 1. The lowest BCUT2D eigenvalue weighted by Gasteiger charge is -2.29. The van der Waals surface area contributed by atoms with Crippen LogP contribution in [0.2, 0.25) is 0 Å². The van der Waals surface area contributed by atoms with Crippen molar-refractivity contribution >= 4 is 19.3 Å². The minimum atomic E-state index is -3.64. The van der Waals surface area contributed by atoms with E-state index in [1.54, 1.807) is 13.8 Å². The van der Waals surface area contributed by atoms with E-state index in [1.807, 2.05) is 0 Å². The Morgan fingerprint density at radius 3 is 2.22 bits per heavy atom. The fourth-order valence-electron chi connectivity index (χ4n) is 3.18. The van der Waals surface area contributed by atoms with Crippen LogP contribution in [0.25, 0.3) is 0 Å². The third kappa shape index (κ3) is 8.00. The lowest BCUT2D eigenvalue weighted by atomic mass is 10.1. The van der Waals surface area contributed by atoms with Crippen LogP contribution in [0, 0.1) is 0 Å². The summed E-state index contributed by atoms with van der Waals surface area (Å²) in [6.45, 7) is 7.96. The first-order valence-electron chi connectivity index (χ1n) is 10.5. The predicted octanol–water partition coefficient (Wildman–Crippen LogP) is 1.07.